The van der Waals surface area contributed by atoms with Crippen molar-refractivity contribution in [1.82, 2.24) is 4.98 Å². The number of hydrogen-bond acceptors (Lipinski definition) is 6. The van der Waals surface area contributed by atoms with Gasteiger partial charge < -0.3 is 9.84 Å². The molecule has 0 amide bonds. The topological polar surface area (TPSA) is 59.4 Å². The summed E-state index contributed by atoms with van der Waals surface area (Å²) in [6, 6.07) is 14.8. The Labute approximate surface area is 222 Å². The zero-order chi connectivity index (χ0) is 25.6. The normalized spacial score (nSPS) is 14.8. The second-order valence-corrected chi connectivity index (χ2v) is 12.2. The van der Waals surface area contributed by atoms with E-state index in [2.05, 4.69) is 53.5 Å². The van der Waals surface area contributed by atoms with Crippen LogP contribution in [0.4, 0.5) is 0 Å². The number of ether oxygens (including phenoxy) is 1. The fraction of sp³-hybridized carbons (Fsp3) is 0.400. The highest BCUT2D eigenvalue weighted by Crippen LogP contribution is 2.51. The van der Waals surface area contributed by atoms with Crippen molar-refractivity contribution in [3.63, 3.8) is 0 Å². The fourth-order valence-corrected chi connectivity index (χ4v) is 6.49. The van der Waals surface area contributed by atoms with E-state index in [9.17, 15) is 9.90 Å². The fourth-order valence-electron chi connectivity index (χ4n) is 4.65. The van der Waals surface area contributed by atoms with Gasteiger partial charge in [0.05, 0.1) is 19.1 Å². The maximum absolute atomic E-state index is 11.7. The Morgan fingerprint density at radius 1 is 1.22 bits per heavy atom. The molecule has 0 radical (unpaired) electrons. The van der Waals surface area contributed by atoms with Gasteiger partial charge in [-0.05, 0) is 96.4 Å². The van der Waals surface area contributed by atoms with Crippen LogP contribution in [-0.4, -0.2) is 34.7 Å². The van der Waals surface area contributed by atoms with Crippen LogP contribution in [0.5, 0.6) is 0 Å². The number of nitrogens with zero attached hydrogens (tertiary/aromatic N) is 1. The molecule has 0 bridgehead atoms. The van der Waals surface area contributed by atoms with Gasteiger partial charge in [-0.1, -0.05) is 42.5 Å². The van der Waals surface area contributed by atoms with Crippen molar-refractivity contribution in [2.75, 3.05) is 18.6 Å². The van der Waals surface area contributed by atoms with Crippen LogP contribution in [0.3, 0.4) is 0 Å². The summed E-state index contributed by atoms with van der Waals surface area (Å²) in [6.45, 7) is 3.75. The quantitative estimate of drug-likeness (QED) is 0.201. The van der Waals surface area contributed by atoms with E-state index in [4.69, 9.17) is 4.74 Å². The van der Waals surface area contributed by atoms with Crippen LogP contribution < -0.4 is 0 Å². The van der Waals surface area contributed by atoms with Gasteiger partial charge >= 0.3 is 5.97 Å². The van der Waals surface area contributed by atoms with E-state index in [-0.39, 0.29) is 11.4 Å². The molecule has 0 saturated heterocycles. The highest BCUT2D eigenvalue weighted by molar-refractivity contribution is 7.99. The van der Waals surface area contributed by atoms with E-state index in [1.54, 1.807) is 11.3 Å². The molecule has 6 heteroatoms. The third kappa shape index (κ3) is 7.09. The standard InChI is InChI=1S/C30H35NO3S2/c1-29(2,33)28-23(10-6-17-35-21-30(14-15-30)20-27(32)34-3)8-5-11-25(28)24-9-4-7-22(19-24)12-13-26-31-16-18-36-26/h4-5,7-9,11-13,16,18-19,33H,6,10,14-15,17,20-21H2,1-3H3. The summed E-state index contributed by atoms with van der Waals surface area (Å²) in [7, 11) is 1.47. The molecule has 1 N–H and O–H groups in total. The van der Waals surface area contributed by atoms with E-state index in [0.717, 1.165) is 64.5 Å². The highest BCUT2D eigenvalue weighted by atomic mass is 32.2. The average Bonchev–Trinajstić information content (AvgIpc) is 3.40. The van der Waals surface area contributed by atoms with E-state index >= 15 is 0 Å². The van der Waals surface area contributed by atoms with Gasteiger partial charge in [0.2, 0.25) is 0 Å². The lowest BCUT2D eigenvalue weighted by molar-refractivity contribution is -0.141. The number of aromatic nitrogens is 1. The van der Waals surface area contributed by atoms with Crippen LogP contribution in [0, 0.1) is 5.41 Å². The van der Waals surface area contributed by atoms with Crippen LogP contribution in [0.2, 0.25) is 0 Å². The molecule has 1 aliphatic carbocycles. The SMILES string of the molecule is COC(=O)CC1(CSCCCc2cccc(-c3cccc(C=Cc4nccs4)c3)c2C(C)(C)O)CC1. The minimum absolute atomic E-state index is 0.0949. The van der Waals surface area contributed by atoms with E-state index in [0.29, 0.717) is 6.42 Å². The van der Waals surface area contributed by atoms with Crippen molar-refractivity contribution in [2.45, 2.75) is 51.6 Å². The zero-order valence-corrected chi connectivity index (χ0v) is 23.0. The minimum atomic E-state index is -0.954. The minimum Gasteiger partial charge on any atom is -0.469 e. The van der Waals surface area contributed by atoms with Gasteiger partial charge in [-0.2, -0.15) is 11.8 Å². The van der Waals surface area contributed by atoms with Crippen LogP contribution in [0.25, 0.3) is 23.3 Å². The molecule has 190 valence electrons. The molecule has 3 aromatic rings. The van der Waals surface area contributed by atoms with Crippen LogP contribution in [-0.2, 0) is 21.6 Å². The molecule has 0 atom stereocenters. The summed E-state index contributed by atoms with van der Waals surface area (Å²) in [5, 5.41) is 14.1. The molecule has 36 heavy (non-hydrogen) atoms. The number of esters is 1. The van der Waals surface area contributed by atoms with Crippen LogP contribution in [0.1, 0.15) is 61.2 Å². The molecule has 4 nitrogen and oxygen atoms in total. The first-order chi connectivity index (χ1) is 17.3. The zero-order valence-electron chi connectivity index (χ0n) is 21.3. The van der Waals surface area contributed by atoms with Crippen molar-refractivity contribution < 1.29 is 14.6 Å². The smallest absolute Gasteiger partial charge is 0.306 e. The molecule has 4 rings (SSSR count). The van der Waals surface area contributed by atoms with Crippen molar-refractivity contribution in [2.24, 2.45) is 5.41 Å². The molecular formula is C30H35NO3S2. The van der Waals surface area contributed by atoms with Gasteiger partial charge in [0.25, 0.3) is 0 Å². The summed E-state index contributed by atoms with van der Waals surface area (Å²) in [5.41, 5.74) is 4.68. The molecule has 0 spiro atoms. The van der Waals surface area contributed by atoms with Crippen LogP contribution in [0.15, 0.2) is 54.0 Å². The van der Waals surface area contributed by atoms with Crippen molar-refractivity contribution in [3.05, 3.63) is 75.7 Å². The van der Waals surface area contributed by atoms with Gasteiger partial charge in [-0.15, -0.1) is 11.3 Å². The summed E-state index contributed by atoms with van der Waals surface area (Å²) < 4.78 is 4.86. The number of methoxy groups -OCH3 is 1. The molecule has 0 aliphatic heterocycles. The highest BCUT2D eigenvalue weighted by Gasteiger charge is 2.44. The Morgan fingerprint density at radius 3 is 2.72 bits per heavy atom. The Morgan fingerprint density at radius 2 is 2.03 bits per heavy atom. The molecular weight excluding hydrogens is 486 g/mol. The lowest BCUT2D eigenvalue weighted by atomic mass is 9.84. The number of hydrogen-bond donors (Lipinski definition) is 1. The Bertz CT molecular complexity index is 1190. The number of thioether (sulfide) groups is 1. The number of carbonyl (C=O) groups is 1. The van der Waals surface area contributed by atoms with E-state index < -0.39 is 5.60 Å². The van der Waals surface area contributed by atoms with E-state index in [1.807, 2.05) is 43.3 Å². The first kappa shape index (κ1) is 26.6. The Kier molecular flexibility index (Phi) is 8.70. The van der Waals surface area contributed by atoms with Gasteiger partial charge in [0, 0.05) is 11.6 Å². The second kappa shape index (κ2) is 11.8. The van der Waals surface area contributed by atoms with Gasteiger partial charge in [-0.25, -0.2) is 4.98 Å². The van der Waals surface area contributed by atoms with E-state index in [1.165, 1.54) is 12.7 Å². The molecule has 0 unspecified atom stereocenters. The summed E-state index contributed by atoms with van der Waals surface area (Å²) in [6.07, 6.45) is 10.7. The van der Waals surface area contributed by atoms with Crippen molar-refractivity contribution >= 4 is 41.2 Å². The summed E-state index contributed by atoms with van der Waals surface area (Å²) >= 11 is 3.55. The third-order valence-corrected chi connectivity index (χ3v) is 8.81. The molecule has 2 aromatic carbocycles. The monoisotopic (exact) mass is 521 g/mol. The molecule has 1 heterocycles. The number of carbonyl (C=O) groups excluding carboxylic acids is 1. The summed E-state index contributed by atoms with van der Waals surface area (Å²) in [4.78, 5) is 16.0. The predicted octanol–water partition coefficient (Wildman–Crippen LogP) is 7.22. The molecule has 1 aliphatic rings. The lowest BCUT2D eigenvalue weighted by Gasteiger charge is -2.26. The second-order valence-electron chi connectivity index (χ2n) is 10.1. The van der Waals surface area contributed by atoms with Gasteiger partial charge in [-0.3, -0.25) is 4.79 Å². The third-order valence-electron chi connectivity index (χ3n) is 6.68. The maximum Gasteiger partial charge on any atom is 0.306 e. The van der Waals surface area contributed by atoms with Gasteiger partial charge in [0.1, 0.15) is 5.01 Å². The summed E-state index contributed by atoms with van der Waals surface area (Å²) in [5.74, 6) is 1.96. The molecule has 1 saturated carbocycles. The van der Waals surface area contributed by atoms with Crippen molar-refractivity contribution in [3.8, 4) is 11.1 Å². The Hall–Kier alpha value is -2.41. The Balaban J connectivity index is 1.45. The number of thiazole rings is 1. The molecule has 1 fully saturated rings. The lowest BCUT2D eigenvalue weighted by Crippen LogP contribution is -2.19. The predicted molar refractivity (Wildman–Crippen MR) is 152 cm³/mol. The van der Waals surface area contributed by atoms with Crippen LogP contribution >= 0.6 is 23.1 Å². The maximum atomic E-state index is 11.7. The molecule has 1 aromatic heterocycles. The first-order valence-corrected chi connectivity index (χ1v) is 14.5. The number of aliphatic hydroxyl groups is 1. The average molecular weight is 522 g/mol. The number of rotatable bonds is 12. The van der Waals surface area contributed by atoms with Crippen molar-refractivity contribution in [1.29, 1.82) is 0 Å². The van der Waals surface area contributed by atoms with Gasteiger partial charge in [0.15, 0.2) is 0 Å². The first-order valence-electron chi connectivity index (χ1n) is 12.5. The number of aryl methyl sites for hydroxylation is 1. The largest absolute Gasteiger partial charge is 0.469 e. The number of benzene rings is 2.